The van der Waals surface area contributed by atoms with Crippen molar-refractivity contribution in [3.05, 3.63) is 17.7 Å². The topological polar surface area (TPSA) is 71.5 Å². The predicted octanol–water partition coefficient (Wildman–Crippen LogP) is 3.80. The van der Waals surface area contributed by atoms with E-state index in [1.807, 2.05) is 26.0 Å². The number of rotatable bonds is 9. The summed E-state index contributed by atoms with van der Waals surface area (Å²) in [6.07, 6.45) is 5.87. The molecule has 0 aromatic carbocycles. The lowest BCUT2D eigenvalue weighted by Gasteiger charge is -2.29. The number of aromatic nitrogens is 1. The Morgan fingerprint density at radius 3 is 2.52 bits per heavy atom. The molecule has 1 aromatic rings. The predicted molar refractivity (Wildman–Crippen MR) is 89.0 cm³/mol. The van der Waals surface area contributed by atoms with E-state index < -0.39 is 11.5 Å². The van der Waals surface area contributed by atoms with Crippen LogP contribution in [0.1, 0.15) is 63.9 Å². The highest BCUT2D eigenvalue weighted by Gasteiger charge is 2.36. The van der Waals surface area contributed by atoms with Gasteiger partial charge in [0.05, 0.1) is 6.61 Å². The number of hydrogen-bond donors (Lipinski definition) is 2. The van der Waals surface area contributed by atoms with E-state index in [1.165, 1.54) is 31.2 Å². The monoisotopic (exact) mass is 318 g/mol. The first-order valence-electron chi connectivity index (χ1n) is 8.73. The zero-order chi connectivity index (χ0) is 16.4. The van der Waals surface area contributed by atoms with E-state index in [-0.39, 0.29) is 0 Å². The molecule has 1 heterocycles. The van der Waals surface area contributed by atoms with E-state index in [0.717, 1.165) is 6.61 Å². The van der Waals surface area contributed by atoms with Crippen LogP contribution in [0.3, 0.4) is 0 Å². The summed E-state index contributed by atoms with van der Waals surface area (Å²) in [5.74, 6) is 1.68. The summed E-state index contributed by atoms with van der Waals surface area (Å²) in [6.45, 7) is 4.49. The normalized spacial score (nSPS) is 17.8. The van der Waals surface area contributed by atoms with E-state index in [1.54, 1.807) is 0 Å². The molecule has 3 rings (SSSR count). The zero-order valence-electron chi connectivity index (χ0n) is 14.0. The molecule has 126 valence electrons. The number of nitrogens with zero attached hydrogens (tertiary/aromatic N) is 1. The molecule has 2 saturated carbocycles. The van der Waals surface area contributed by atoms with Gasteiger partial charge < -0.3 is 15.2 Å². The molecule has 0 spiro atoms. The van der Waals surface area contributed by atoms with E-state index in [0.29, 0.717) is 36.4 Å². The number of ether oxygens (including phenoxy) is 1. The van der Waals surface area contributed by atoms with Gasteiger partial charge in [0.15, 0.2) is 0 Å². The molecule has 5 heteroatoms. The average Bonchev–Trinajstić information content (AvgIpc) is 3.44. The molecule has 0 unspecified atom stereocenters. The molecule has 23 heavy (non-hydrogen) atoms. The number of nitrogens with one attached hydrogen (secondary N) is 1. The molecule has 1 aromatic heterocycles. The van der Waals surface area contributed by atoms with Crippen LogP contribution in [0, 0.1) is 5.92 Å². The Labute approximate surface area is 137 Å². The maximum absolute atomic E-state index is 11.7. The third kappa shape index (κ3) is 3.59. The van der Waals surface area contributed by atoms with Gasteiger partial charge in [0.1, 0.15) is 11.4 Å². The lowest BCUT2D eigenvalue weighted by molar-refractivity contribution is -0.142. The second-order valence-corrected chi connectivity index (χ2v) is 6.84. The van der Waals surface area contributed by atoms with Crippen LogP contribution in [0.5, 0.6) is 5.88 Å². The molecule has 0 aliphatic heterocycles. The Morgan fingerprint density at radius 1 is 1.30 bits per heavy atom. The van der Waals surface area contributed by atoms with Crippen molar-refractivity contribution in [2.75, 3.05) is 11.9 Å². The van der Waals surface area contributed by atoms with Gasteiger partial charge in [-0.15, -0.1) is 0 Å². The van der Waals surface area contributed by atoms with Crippen LogP contribution < -0.4 is 10.1 Å². The van der Waals surface area contributed by atoms with Crippen LogP contribution in [-0.2, 0) is 4.79 Å². The average molecular weight is 318 g/mol. The zero-order valence-corrected chi connectivity index (χ0v) is 14.0. The van der Waals surface area contributed by atoms with Gasteiger partial charge in [-0.1, -0.05) is 13.8 Å². The quantitative estimate of drug-likeness (QED) is 0.724. The number of carboxylic acid groups (broad SMARTS) is 1. The fourth-order valence-electron chi connectivity index (χ4n) is 2.85. The first kappa shape index (κ1) is 16.1. The van der Waals surface area contributed by atoms with E-state index in [9.17, 15) is 9.90 Å². The Balaban J connectivity index is 1.80. The fourth-order valence-corrected chi connectivity index (χ4v) is 2.85. The molecule has 2 aliphatic carbocycles. The van der Waals surface area contributed by atoms with Crippen molar-refractivity contribution in [3.63, 3.8) is 0 Å². The van der Waals surface area contributed by atoms with Crippen LogP contribution in [-0.4, -0.2) is 28.2 Å². The van der Waals surface area contributed by atoms with Gasteiger partial charge in [-0.05, 0) is 62.5 Å². The first-order valence-corrected chi connectivity index (χ1v) is 8.73. The summed E-state index contributed by atoms with van der Waals surface area (Å²) in [5, 5.41) is 12.7. The van der Waals surface area contributed by atoms with Crippen LogP contribution in [0.25, 0.3) is 0 Å². The molecule has 0 radical (unpaired) electrons. The minimum Gasteiger partial charge on any atom is -0.480 e. The van der Waals surface area contributed by atoms with Gasteiger partial charge in [-0.2, -0.15) is 4.98 Å². The van der Waals surface area contributed by atoms with Crippen LogP contribution in [0.4, 0.5) is 5.82 Å². The largest absolute Gasteiger partial charge is 0.480 e. The van der Waals surface area contributed by atoms with Crippen LogP contribution in [0.2, 0.25) is 0 Å². The minimum absolute atomic E-state index is 0.503. The van der Waals surface area contributed by atoms with Crippen molar-refractivity contribution in [1.82, 2.24) is 4.98 Å². The lowest BCUT2D eigenvalue weighted by atomic mass is 9.93. The fraction of sp³-hybridized carbons (Fsp3) is 0.667. The molecule has 0 atom stereocenters. The van der Waals surface area contributed by atoms with Gasteiger partial charge >= 0.3 is 5.97 Å². The van der Waals surface area contributed by atoms with Crippen molar-refractivity contribution in [3.8, 4) is 5.88 Å². The van der Waals surface area contributed by atoms with Crippen molar-refractivity contribution >= 4 is 11.8 Å². The van der Waals surface area contributed by atoms with E-state index >= 15 is 0 Å². The smallest absolute Gasteiger partial charge is 0.329 e. The SMILES string of the molecule is CCC(CC)(Nc1ccc(C2CC2)c(OCC2CC2)n1)C(=O)O. The molecular formula is C18H26N2O3. The summed E-state index contributed by atoms with van der Waals surface area (Å²) in [7, 11) is 0. The summed E-state index contributed by atoms with van der Waals surface area (Å²) >= 11 is 0. The molecule has 2 aliphatic rings. The molecule has 0 amide bonds. The maximum Gasteiger partial charge on any atom is 0.329 e. The summed E-state index contributed by atoms with van der Waals surface area (Å²) in [5.41, 5.74) is 0.201. The molecule has 0 bridgehead atoms. The number of anilines is 1. The highest BCUT2D eigenvalue weighted by Crippen LogP contribution is 2.44. The Hall–Kier alpha value is -1.78. The highest BCUT2D eigenvalue weighted by atomic mass is 16.5. The van der Waals surface area contributed by atoms with Gasteiger partial charge in [0, 0.05) is 5.56 Å². The maximum atomic E-state index is 11.7. The Kier molecular flexibility index (Phi) is 4.46. The number of hydrogen-bond acceptors (Lipinski definition) is 4. The second kappa shape index (κ2) is 6.38. The minimum atomic E-state index is -0.970. The number of carboxylic acids is 1. The standard InChI is InChI=1S/C18H26N2O3/c1-3-18(4-2,17(21)22)20-15-10-9-14(13-7-8-13)16(19-15)23-11-12-5-6-12/h9-10,12-13H,3-8,11H2,1-2H3,(H,19,20)(H,21,22). The number of carbonyl (C=O) groups is 1. The first-order chi connectivity index (χ1) is 11.1. The summed E-state index contributed by atoms with van der Waals surface area (Å²) in [4.78, 5) is 16.3. The number of aliphatic carboxylic acids is 1. The van der Waals surface area contributed by atoms with Gasteiger partial charge in [-0.3, -0.25) is 0 Å². The molecule has 2 fully saturated rings. The van der Waals surface area contributed by atoms with Crippen molar-refractivity contribution < 1.29 is 14.6 Å². The van der Waals surface area contributed by atoms with Gasteiger partial charge in [-0.25, -0.2) is 4.79 Å². The summed E-state index contributed by atoms with van der Waals surface area (Å²) in [6, 6.07) is 3.94. The third-order valence-corrected chi connectivity index (χ3v) is 5.04. The van der Waals surface area contributed by atoms with Crippen LogP contribution >= 0.6 is 0 Å². The van der Waals surface area contributed by atoms with Crippen molar-refractivity contribution in [2.45, 2.75) is 63.8 Å². The van der Waals surface area contributed by atoms with Crippen LogP contribution in [0.15, 0.2) is 12.1 Å². The molecular weight excluding hydrogens is 292 g/mol. The molecule has 0 saturated heterocycles. The molecule has 5 nitrogen and oxygen atoms in total. The molecule has 2 N–H and O–H groups in total. The Morgan fingerprint density at radius 2 is 2.00 bits per heavy atom. The van der Waals surface area contributed by atoms with E-state index in [4.69, 9.17) is 4.74 Å². The highest BCUT2D eigenvalue weighted by molar-refractivity contribution is 5.82. The third-order valence-electron chi connectivity index (χ3n) is 5.04. The van der Waals surface area contributed by atoms with Crippen molar-refractivity contribution in [2.24, 2.45) is 5.92 Å². The number of pyridine rings is 1. The summed E-state index contributed by atoms with van der Waals surface area (Å²) < 4.78 is 5.95. The second-order valence-electron chi connectivity index (χ2n) is 6.84. The Bertz CT molecular complexity index is 576. The van der Waals surface area contributed by atoms with Crippen molar-refractivity contribution in [1.29, 1.82) is 0 Å². The van der Waals surface area contributed by atoms with Gasteiger partial charge in [0.25, 0.3) is 0 Å². The lowest BCUT2D eigenvalue weighted by Crippen LogP contribution is -2.45. The van der Waals surface area contributed by atoms with E-state index in [2.05, 4.69) is 10.3 Å². The van der Waals surface area contributed by atoms with Gasteiger partial charge in [0.2, 0.25) is 5.88 Å².